The molecule has 1 saturated carbocycles. The topological polar surface area (TPSA) is 162 Å². The lowest BCUT2D eigenvalue weighted by Gasteiger charge is -2.34. The number of benzene rings is 2. The molecule has 1 aromatic heterocycles. The Balaban J connectivity index is 1.21. The summed E-state index contributed by atoms with van der Waals surface area (Å²) in [6.45, 7) is 4.72. The van der Waals surface area contributed by atoms with Gasteiger partial charge in [-0.2, -0.15) is 19.1 Å². The Morgan fingerprint density at radius 3 is 2.31 bits per heavy atom. The molecule has 6 rings (SSSR count). The van der Waals surface area contributed by atoms with Crippen molar-refractivity contribution in [3.8, 4) is 6.07 Å². The standard InChI is InChI=1S/C42H51F3N8O5/c1-27(36(40(56)52-20-22-58-23-21-52)49-38(54)35-14-17-47-53(35)32-15-18-51(2)19-16-32)30-12-13-34(33(43)25-30)48-39(55)37(29-9-5-3-4-6-10-29)50-41(57)42(44,45)31-11-7-8-28(24-31)26-46/h7-8,11-14,17,24-25,27,29,32,36-37H,3-6,9-10,15-16,18-23H2,1-2H3,(H,48,55)(H,49,54)(H,50,57)/t27-,36+,37-/m0/s1. The molecule has 1 aliphatic carbocycles. The normalized spacial score (nSPS) is 18.9. The molecule has 4 amide bonds. The van der Waals surface area contributed by atoms with Gasteiger partial charge in [0.25, 0.3) is 11.8 Å². The molecule has 3 atom stereocenters. The number of carbonyl (C=O) groups excluding carboxylic acids is 4. The van der Waals surface area contributed by atoms with E-state index in [1.165, 1.54) is 30.3 Å². The summed E-state index contributed by atoms with van der Waals surface area (Å²) in [5, 5.41) is 21.4. The fourth-order valence-electron chi connectivity index (χ4n) is 8.13. The molecule has 3 N–H and O–H groups in total. The summed E-state index contributed by atoms with van der Waals surface area (Å²) in [6.07, 6.45) is 7.41. The fraction of sp³-hybridized carbons (Fsp3) is 0.524. The Kier molecular flexibility index (Phi) is 13.9. The number of likely N-dealkylation sites (tertiary alicyclic amines) is 1. The van der Waals surface area contributed by atoms with Gasteiger partial charge in [0.15, 0.2) is 0 Å². The van der Waals surface area contributed by atoms with Crippen molar-refractivity contribution in [3.63, 3.8) is 0 Å². The van der Waals surface area contributed by atoms with Gasteiger partial charge in [-0.3, -0.25) is 23.9 Å². The van der Waals surface area contributed by atoms with Crippen molar-refractivity contribution in [1.82, 2.24) is 30.2 Å². The van der Waals surface area contributed by atoms with Crippen molar-refractivity contribution in [2.45, 2.75) is 88.3 Å². The lowest BCUT2D eigenvalue weighted by Crippen LogP contribution is -2.54. The second-order valence-electron chi connectivity index (χ2n) is 15.6. The van der Waals surface area contributed by atoms with Crippen molar-refractivity contribution in [3.05, 3.63) is 82.9 Å². The summed E-state index contributed by atoms with van der Waals surface area (Å²) in [6, 6.07) is 9.49. The van der Waals surface area contributed by atoms with Crippen LogP contribution in [-0.2, 0) is 25.0 Å². The van der Waals surface area contributed by atoms with E-state index in [-0.39, 0.29) is 23.2 Å². The molecule has 13 nitrogen and oxygen atoms in total. The smallest absolute Gasteiger partial charge is 0.349 e. The molecule has 0 unspecified atom stereocenters. The Bertz CT molecular complexity index is 1980. The molecule has 3 heterocycles. The van der Waals surface area contributed by atoms with Crippen LogP contribution in [0.25, 0.3) is 0 Å². The number of amides is 4. The summed E-state index contributed by atoms with van der Waals surface area (Å²) in [4.78, 5) is 58.8. The predicted molar refractivity (Wildman–Crippen MR) is 208 cm³/mol. The van der Waals surface area contributed by atoms with E-state index in [4.69, 9.17) is 4.74 Å². The number of nitrogens with zero attached hydrogens (tertiary/aromatic N) is 5. The third kappa shape index (κ3) is 9.87. The van der Waals surface area contributed by atoms with E-state index in [0.717, 1.165) is 63.7 Å². The van der Waals surface area contributed by atoms with Crippen molar-refractivity contribution < 1.29 is 37.1 Å². The van der Waals surface area contributed by atoms with Crippen LogP contribution in [0.2, 0.25) is 0 Å². The number of rotatable bonds is 12. The number of hydrogen-bond donors (Lipinski definition) is 3. The van der Waals surface area contributed by atoms with E-state index in [2.05, 4.69) is 25.9 Å². The summed E-state index contributed by atoms with van der Waals surface area (Å²) in [5.41, 5.74) is -0.312. The minimum atomic E-state index is -4.06. The Hall–Kier alpha value is -5.27. The average Bonchev–Trinajstić information content (AvgIpc) is 3.58. The molecular formula is C42H51F3N8O5. The lowest BCUT2D eigenvalue weighted by atomic mass is 9.90. The molecule has 16 heteroatoms. The zero-order valence-corrected chi connectivity index (χ0v) is 32.9. The van der Waals surface area contributed by atoms with Crippen molar-refractivity contribution in [2.75, 3.05) is 51.8 Å². The number of nitrogens with one attached hydrogen (secondary N) is 3. The minimum absolute atomic E-state index is 0.0167. The number of piperidine rings is 1. The second kappa shape index (κ2) is 19.0. The van der Waals surface area contributed by atoms with Crippen molar-refractivity contribution >= 4 is 29.3 Å². The molecule has 2 aromatic carbocycles. The van der Waals surface area contributed by atoms with Crippen LogP contribution in [0.4, 0.5) is 18.9 Å². The highest BCUT2D eigenvalue weighted by atomic mass is 19.3. The highest BCUT2D eigenvalue weighted by molar-refractivity contribution is 5.99. The molecule has 310 valence electrons. The van der Waals surface area contributed by atoms with E-state index in [1.807, 2.05) is 7.05 Å². The fourth-order valence-corrected chi connectivity index (χ4v) is 8.13. The SMILES string of the molecule is C[C@@H](c1ccc(NC(=O)[C@@H](NC(=O)C(F)(F)c2cccc(C#N)c2)C2CCCCCC2)c(F)c1)[C@@H](NC(=O)c1ccnn1C1CCN(C)CC1)C(=O)N1CCOCC1. The quantitative estimate of drug-likeness (QED) is 0.213. The first-order chi connectivity index (χ1) is 27.9. The van der Waals surface area contributed by atoms with E-state index < -0.39 is 58.9 Å². The van der Waals surface area contributed by atoms with Crippen LogP contribution in [0.15, 0.2) is 54.7 Å². The number of halogens is 3. The van der Waals surface area contributed by atoms with Gasteiger partial charge in [-0.1, -0.05) is 50.8 Å². The zero-order chi connectivity index (χ0) is 41.4. The number of aromatic nitrogens is 2. The van der Waals surface area contributed by atoms with Gasteiger partial charge in [-0.25, -0.2) is 4.39 Å². The van der Waals surface area contributed by atoms with E-state index in [1.54, 1.807) is 34.8 Å². The lowest BCUT2D eigenvalue weighted by molar-refractivity contribution is -0.149. The van der Waals surface area contributed by atoms with Crippen molar-refractivity contribution in [1.29, 1.82) is 5.26 Å². The largest absolute Gasteiger partial charge is 0.378 e. The number of nitriles is 1. The van der Waals surface area contributed by atoms with Gasteiger partial charge < -0.3 is 30.5 Å². The molecule has 0 spiro atoms. The number of morpholine rings is 1. The van der Waals surface area contributed by atoms with Gasteiger partial charge in [-0.15, -0.1) is 0 Å². The Morgan fingerprint density at radius 1 is 0.931 bits per heavy atom. The summed E-state index contributed by atoms with van der Waals surface area (Å²) in [7, 11) is 2.04. The van der Waals surface area contributed by atoms with E-state index in [9.17, 15) is 24.4 Å². The first-order valence-corrected chi connectivity index (χ1v) is 20.1. The summed E-state index contributed by atoms with van der Waals surface area (Å²) >= 11 is 0. The first-order valence-electron chi connectivity index (χ1n) is 20.1. The van der Waals surface area contributed by atoms with Gasteiger partial charge >= 0.3 is 5.92 Å². The predicted octanol–water partition coefficient (Wildman–Crippen LogP) is 5.11. The van der Waals surface area contributed by atoms with Crippen LogP contribution in [0.3, 0.4) is 0 Å². The maximum Gasteiger partial charge on any atom is 0.349 e. The number of alkyl halides is 2. The van der Waals surface area contributed by atoms with E-state index >= 15 is 13.2 Å². The maximum atomic E-state index is 16.0. The minimum Gasteiger partial charge on any atom is -0.378 e. The van der Waals surface area contributed by atoms with Gasteiger partial charge in [-0.05, 0) is 87.6 Å². The average molecular weight is 805 g/mol. The maximum absolute atomic E-state index is 16.0. The molecular weight excluding hydrogens is 754 g/mol. The third-order valence-electron chi connectivity index (χ3n) is 11.7. The van der Waals surface area contributed by atoms with Crippen LogP contribution >= 0.6 is 0 Å². The van der Waals surface area contributed by atoms with Gasteiger partial charge in [0, 0.05) is 30.8 Å². The molecule has 58 heavy (non-hydrogen) atoms. The Morgan fingerprint density at radius 2 is 1.64 bits per heavy atom. The highest BCUT2D eigenvalue weighted by Gasteiger charge is 2.44. The molecule has 2 saturated heterocycles. The van der Waals surface area contributed by atoms with Crippen LogP contribution in [0.1, 0.15) is 97.4 Å². The van der Waals surface area contributed by atoms with Crippen LogP contribution in [-0.4, -0.2) is 102 Å². The molecule has 3 aromatic rings. The number of hydrogen-bond acceptors (Lipinski definition) is 8. The first kappa shape index (κ1) is 42.3. The highest BCUT2D eigenvalue weighted by Crippen LogP contribution is 2.32. The molecule has 3 fully saturated rings. The number of anilines is 1. The zero-order valence-electron chi connectivity index (χ0n) is 32.9. The van der Waals surface area contributed by atoms with E-state index in [0.29, 0.717) is 50.4 Å². The number of ether oxygens (including phenoxy) is 1. The van der Waals surface area contributed by atoms with Gasteiger partial charge in [0.1, 0.15) is 23.6 Å². The molecule has 0 bridgehead atoms. The Labute approximate surface area is 336 Å². The second-order valence-corrected chi connectivity index (χ2v) is 15.6. The van der Waals surface area contributed by atoms with Crippen molar-refractivity contribution in [2.24, 2.45) is 5.92 Å². The third-order valence-corrected chi connectivity index (χ3v) is 11.7. The van der Waals surface area contributed by atoms with Gasteiger partial charge in [0.2, 0.25) is 11.8 Å². The molecule has 2 aliphatic heterocycles. The monoisotopic (exact) mass is 804 g/mol. The summed E-state index contributed by atoms with van der Waals surface area (Å²) in [5.74, 6) is -9.54. The summed E-state index contributed by atoms with van der Waals surface area (Å²) < 4.78 is 54.1. The van der Waals surface area contributed by atoms with Crippen LogP contribution < -0.4 is 16.0 Å². The van der Waals surface area contributed by atoms with Crippen LogP contribution in [0.5, 0.6) is 0 Å². The van der Waals surface area contributed by atoms with Gasteiger partial charge in [0.05, 0.1) is 36.6 Å². The molecule has 0 radical (unpaired) electrons. The number of carbonyl (C=O) groups is 4. The van der Waals surface area contributed by atoms with Crippen LogP contribution in [0, 0.1) is 23.1 Å². The molecule has 3 aliphatic rings.